The molecule has 126 valence electrons. The van der Waals surface area contributed by atoms with Gasteiger partial charge in [-0.1, -0.05) is 18.2 Å². The second-order valence-electron chi connectivity index (χ2n) is 5.75. The SMILES string of the molecule is C=CCN(CCC(=O)N1CCNCC1)Cc1ccc(OC)cc1. The Bertz CT molecular complexity index is 495. The number of amides is 1. The smallest absolute Gasteiger partial charge is 0.223 e. The topological polar surface area (TPSA) is 44.8 Å². The number of nitrogens with zero attached hydrogens (tertiary/aromatic N) is 2. The minimum absolute atomic E-state index is 0.246. The van der Waals surface area contributed by atoms with Gasteiger partial charge in [0.05, 0.1) is 7.11 Å². The van der Waals surface area contributed by atoms with Crippen LogP contribution in [-0.2, 0) is 11.3 Å². The Kier molecular flexibility index (Phi) is 7.10. The number of hydrogen-bond acceptors (Lipinski definition) is 4. The fourth-order valence-electron chi connectivity index (χ4n) is 2.73. The Morgan fingerprint density at radius 1 is 1.35 bits per heavy atom. The van der Waals surface area contributed by atoms with E-state index in [4.69, 9.17) is 4.74 Å². The molecule has 0 aliphatic carbocycles. The lowest BCUT2D eigenvalue weighted by molar-refractivity contribution is -0.132. The van der Waals surface area contributed by atoms with Gasteiger partial charge in [-0.2, -0.15) is 0 Å². The third-order valence-corrected chi connectivity index (χ3v) is 4.06. The van der Waals surface area contributed by atoms with Gasteiger partial charge in [0.1, 0.15) is 5.75 Å². The minimum Gasteiger partial charge on any atom is -0.497 e. The number of hydrogen-bond donors (Lipinski definition) is 1. The van der Waals surface area contributed by atoms with E-state index >= 15 is 0 Å². The first-order valence-corrected chi connectivity index (χ1v) is 8.17. The van der Waals surface area contributed by atoms with Crippen molar-refractivity contribution in [1.82, 2.24) is 15.1 Å². The number of carbonyl (C=O) groups excluding carboxylic acids is 1. The summed E-state index contributed by atoms with van der Waals surface area (Å²) in [5.41, 5.74) is 1.21. The van der Waals surface area contributed by atoms with E-state index in [0.717, 1.165) is 51.6 Å². The first-order valence-electron chi connectivity index (χ1n) is 8.17. The van der Waals surface area contributed by atoms with Crippen molar-refractivity contribution in [2.75, 3.05) is 46.4 Å². The molecule has 1 N–H and O–H groups in total. The molecule has 1 heterocycles. The maximum Gasteiger partial charge on any atom is 0.223 e. The van der Waals surface area contributed by atoms with Crippen LogP contribution in [0.3, 0.4) is 0 Å². The van der Waals surface area contributed by atoms with Crippen molar-refractivity contribution in [2.24, 2.45) is 0 Å². The molecule has 0 radical (unpaired) electrons. The maximum atomic E-state index is 12.3. The molecule has 0 unspecified atom stereocenters. The minimum atomic E-state index is 0.246. The van der Waals surface area contributed by atoms with Crippen LogP contribution in [0.5, 0.6) is 5.75 Å². The van der Waals surface area contributed by atoms with Crippen LogP contribution in [0.4, 0.5) is 0 Å². The molecule has 1 saturated heterocycles. The Labute approximate surface area is 138 Å². The van der Waals surface area contributed by atoms with Crippen molar-refractivity contribution in [2.45, 2.75) is 13.0 Å². The third kappa shape index (κ3) is 5.69. The molecule has 23 heavy (non-hydrogen) atoms. The predicted molar refractivity (Wildman–Crippen MR) is 92.5 cm³/mol. The van der Waals surface area contributed by atoms with Gasteiger partial charge in [-0.25, -0.2) is 0 Å². The summed E-state index contributed by atoms with van der Waals surface area (Å²) in [5.74, 6) is 1.10. The van der Waals surface area contributed by atoms with Gasteiger partial charge in [-0.3, -0.25) is 9.69 Å². The maximum absolute atomic E-state index is 12.3. The van der Waals surface area contributed by atoms with Gasteiger partial charge in [0.25, 0.3) is 0 Å². The molecule has 5 nitrogen and oxygen atoms in total. The molecule has 1 amide bonds. The lowest BCUT2D eigenvalue weighted by Gasteiger charge is -2.28. The highest BCUT2D eigenvalue weighted by Crippen LogP contribution is 2.13. The van der Waals surface area contributed by atoms with Gasteiger partial charge in [0, 0.05) is 52.2 Å². The van der Waals surface area contributed by atoms with Crippen molar-refractivity contribution in [3.05, 3.63) is 42.5 Å². The summed E-state index contributed by atoms with van der Waals surface area (Å²) in [6.07, 6.45) is 2.45. The van der Waals surface area contributed by atoms with Crippen molar-refractivity contribution >= 4 is 5.91 Å². The lowest BCUT2D eigenvalue weighted by Crippen LogP contribution is -2.47. The number of benzene rings is 1. The van der Waals surface area contributed by atoms with Crippen LogP contribution in [-0.4, -0.2) is 62.1 Å². The van der Waals surface area contributed by atoms with Crippen molar-refractivity contribution in [3.8, 4) is 5.75 Å². The molecule has 1 aromatic rings. The number of methoxy groups -OCH3 is 1. The highest BCUT2D eigenvalue weighted by Gasteiger charge is 2.17. The van der Waals surface area contributed by atoms with Gasteiger partial charge < -0.3 is 15.0 Å². The van der Waals surface area contributed by atoms with Crippen LogP contribution in [0.15, 0.2) is 36.9 Å². The van der Waals surface area contributed by atoms with Crippen molar-refractivity contribution < 1.29 is 9.53 Å². The second-order valence-corrected chi connectivity index (χ2v) is 5.75. The van der Waals surface area contributed by atoms with Crippen LogP contribution in [0.25, 0.3) is 0 Å². The molecule has 1 aliphatic heterocycles. The van der Waals surface area contributed by atoms with E-state index in [1.54, 1.807) is 7.11 Å². The predicted octanol–water partition coefficient (Wildman–Crippen LogP) is 1.51. The zero-order valence-electron chi connectivity index (χ0n) is 14.0. The lowest BCUT2D eigenvalue weighted by atomic mass is 10.2. The van der Waals surface area contributed by atoms with Gasteiger partial charge in [-0.15, -0.1) is 6.58 Å². The summed E-state index contributed by atoms with van der Waals surface area (Å²) < 4.78 is 5.18. The summed E-state index contributed by atoms with van der Waals surface area (Å²) in [7, 11) is 1.67. The number of piperazine rings is 1. The standard InChI is InChI=1S/C18H27N3O2/c1-3-11-20(15-16-4-6-17(23-2)7-5-16)12-8-18(22)21-13-9-19-10-14-21/h3-7,19H,1,8-15H2,2H3. The van der Waals surface area contributed by atoms with Crippen LogP contribution in [0.2, 0.25) is 0 Å². The Morgan fingerprint density at radius 2 is 2.04 bits per heavy atom. The Hall–Kier alpha value is -1.85. The number of rotatable bonds is 8. The van der Waals surface area contributed by atoms with Crippen LogP contribution >= 0.6 is 0 Å². The molecule has 0 spiro atoms. The van der Waals surface area contributed by atoms with E-state index in [1.807, 2.05) is 23.1 Å². The fourth-order valence-corrected chi connectivity index (χ4v) is 2.73. The monoisotopic (exact) mass is 317 g/mol. The van der Waals surface area contributed by atoms with Gasteiger partial charge in [0.15, 0.2) is 0 Å². The Balaban J connectivity index is 1.84. The zero-order chi connectivity index (χ0) is 16.5. The highest BCUT2D eigenvalue weighted by atomic mass is 16.5. The average Bonchev–Trinajstić information content (AvgIpc) is 2.61. The summed E-state index contributed by atoms with van der Waals surface area (Å²) in [4.78, 5) is 16.5. The van der Waals surface area contributed by atoms with Gasteiger partial charge in [0.2, 0.25) is 5.91 Å². The van der Waals surface area contributed by atoms with Crippen molar-refractivity contribution in [1.29, 1.82) is 0 Å². The summed E-state index contributed by atoms with van der Waals surface area (Å²) >= 11 is 0. The van der Waals surface area contributed by atoms with Crippen molar-refractivity contribution in [3.63, 3.8) is 0 Å². The molecule has 5 heteroatoms. The number of carbonyl (C=O) groups is 1. The fraction of sp³-hybridized carbons (Fsp3) is 0.500. The first kappa shape index (κ1) is 17.5. The van der Waals surface area contributed by atoms with Crippen LogP contribution in [0, 0.1) is 0 Å². The zero-order valence-corrected chi connectivity index (χ0v) is 14.0. The van der Waals surface area contributed by atoms with Gasteiger partial charge in [-0.05, 0) is 17.7 Å². The molecule has 1 fully saturated rings. The molecular weight excluding hydrogens is 290 g/mol. The molecule has 1 aliphatic rings. The molecule has 0 saturated carbocycles. The third-order valence-electron chi connectivity index (χ3n) is 4.06. The van der Waals surface area contributed by atoms with E-state index in [0.29, 0.717) is 6.42 Å². The number of ether oxygens (including phenoxy) is 1. The Morgan fingerprint density at radius 3 is 2.65 bits per heavy atom. The van der Waals surface area contributed by atoms with E-state index < -0.39 is 0 Å². The molecular formula is C18H27N3O2. The van der Waals surface area contributed by atoms with Crippen LogP contribution in [0.1, 0.15) is 12.0 Å². The van der Waals surface area contributed by atoms with E-state index in [9.17, 15) is 4.79 Å². The molecule has 1 aromatic carbocycles. The summed E-state index contributed by atoms with van der Waals surface area (Å²) in [6.45, 7) is 9.59. The summed E-state index contributed by atoms with van der Waals surface area (Å²) in [5, 5.41) is 3.27. The van der Waals surface area contributed by atoms with E-state index in [-0.39, 0.29) is 5.91 Å². The molecule has 0 atom stereocenters. The van der Waals surface area contributed by atoms with Crippen LogP contribution < -0.4 is 10.1 Å². The van der Waals surface area contributed by atoms with E-state index in [1.165, 1.54) is 5.56 Å². The first-order chi connectivity index (χ1) is 11.2. The van der Waals surface area contributed by atoms with Gasteiger partial charge >= 0.3 is 0 Å². The molecule has 0 bridgehead atoms. The number of nitrogens with one attached hydrogen (secondary N) is 1. The average molecular weight is 317 g/mol. The normalized spacial score (nSPS) is 14.8. The second kappa shape index (κ2) is 9.33. The highest BCUT2D eigenvalue weighted by molar-refractivity contribution is 5.76. The molecule has 0 aromatic heterocycles. The summed E-state index contributed by atoms with van der Waals surface area (Å²) in [6, 6.07) is 8.06. The largest absolute Gasteiger partial charge is 0.497 e. The quantitative estimate of drug-likeness (QED) is 0.738. The van der Waals surface area contributed by atoms with E-state index in [2.05, 4.69) is 28.9 Å². The molecule has 2 rings (SSSR count).